The van der Waals surface area contributed by atoms with E-state index in [2.05, 4.69) is 41.0 Å². The highest BCUT2D eigenvalue weighted by Gasteiger charge is 2.23. The second kappa shape index (κ2) is 6.53. The zero-order valence-corrected chi connectivity index (χ0v) is 11.8. The Morgan fingerprint density at radius 2 is 1.63 bits per heavy atom. The molecule has 0 aliphatic heterocycles. The van der Waals surface area contributed by atoms with Crippen molar-refractivity contribution in [1.29, 1.82) is 0 Å². The smallest absolute Gasteiger partial charge is 0.00684 e. The van der Waals surface area contributed by atoms with Crippen molar-refractivity contribution in [3.63, 3.8) is 0 Å². The molecule has 19 heavy (non-hydrogen) atoms. The quantitative estimate of drug-likeness (QED) is 0.665. The first kappa shape index (κ1) is 13.1. The molecule has 2 aliphatic carbocycles. The van der Waals surface area contributed by atoms with E-state index in [4.69, 9.17) is 0 Å². The lowest BCUT2D eigenvalue weighted by molar-refractivity contribution is 0.514. The second-order valence-corrected chi connectivity index (χ2v) is 6.16. The molecule has 104 valence electrons. The van der Waals surface area contributed by atoms with Gasteiger partial charge in [0.25, 0.3) is 0 Å². The van der Waals surface area contributed by atoms with Crippen molar-refractivity contribution in [3.8, 4) is 0 Å². The zero-order valence-electron chi connectivity index (χ0n) is 11.8. The summed E-state index contributed by atoms with van der Waals surface area (Å²) >= 11 is 0. The summed E-state index contributed by atoms with van der Waals surface area (Å²) in [5, 5.41) is 7.32. The van der Waals surface area contributed by atoms with Gasteiger partial charge in [0.05, 0.1) is 0 Å². The Labute approximate surface area is 117 Å². The van der Waals surface area contributed by atoms with Gasteiger partial charge in [-0.2, -0.15) is 0 Å². The molecular weight excluding hydrogens is 232 g/mol. The molecule has 1 aromatic rings. The molecule has 2 saturated carbocycles. The van der Waals surface area contributed by atoms with Crippen molar-refractivity contribution in [2.24, 2.45) is 0 Å². The van der Waals surface area contributed by atoms with Crippen LogP contribution in [0.25, 0.3) is 0 Å². The van der Waals surface area contributed by atoms with Crippen molar-refractivity contribution in [1.82, 2.24) is 10.6 Å². The minimum Gasteiger partial charge on any atom is -0.314 e. The van der Waals surface area contributed by atoms with Crippen molar-refractivity contribution < 1.29 is 0 Å². The van der Waals surface area contributed by atoms with E-state index in [0.29, 0.717) is 5.92 Å². The average molecular weight is 258 g/mol. The van der Waals surface area contributed by atoms with Crippen LogP contribution < -0.4 is 10.6 Å². The van der Waals surface area contributed by atoms with Gasteiger partial charge in [0, 0.05) is 18.6 Å². The van der Waals surface area contributed by atoms with Crippen LogP contribution in [-0.2, 0) is 0 Å². The van der Waals surface area contributed by atoms with Crippen molar-refractivity contribution in [2.75, 3.05) is 13.1 Å². The molecule has 0 spiro atoms. The molecule has 2 N–H and O–H groups in total. The maximum absolute atomic E-state index is 3.70. The fourth-order valence-corrected chi connectivity index (χ4v) is 2.65. The van der Waals surface area contributed by atoms with E-state index in [-0.39, 0.29) is 0 Å². The lowest BCUT2D eigenvalue weighted by Crippen LogP contribution is -2.25. The largest absolute Gasteiger partial charge is 0.314 e. The van der Waals surface area contributed by atoms with E-state index in [1.165, 1.54) is 50.6 Å². The molecule has 0 radical (unpaired) electrons. The predicted molar refractivity (Wildman–Crippen MR) is 80.5 cm³/mol. The molecule has 0 amide bonds. The Balaban J connectivity index is 1.45. The summed E-state index contributed by atoms with van der Waals surface area (Å²) in [6.07, 6.45) is 8.14. The number of nitrogens with one attached hydrogen (secondary N) is 2. The molecule has 3 rings (SSSR count). The maximum Gasteiger partial charge on any atom is 0.00684 e. The standard InChI is InChI=1S/C17H26N2/c1-2-5-14(6-3-1)15(13-19-17-10-11-17)7-4-12-18-16-8-9-16/h1-3,5-6,15-19H,4,7-13H2. The minimum absolute atomic E-state index is 0.683. The van der Waals surface area contributed by atoms with E-state index in [9.17, 15) is 0 Å². The molecule has 2 nitrogen and oxygen atoms in total. The molecule has 1 unspecified atom stereocenters. The number of hydrogen-bond donors (Lipinski definition) is 2. The zero-order chi connectivity index (χ0) is 12.9. The monoisotopic (exact) mass is 258 g/mol. The maximum atomic E-state index is 3.70. The number of rotatable bonds is 9. The van der Waals surface area contributed by atoms with Gasteiger partial charge in [-0.05, 0) is 56.6 Å². The van der Waals surface area contributed by atoms with E-state index < -0.39 is 0 Å². The van der Waals surface area contributed by atoms with Gasteiger partial charge in [-0.1, -0.05) is 30.3 Å². The highest BCUT2D eigenvalue weighted by molar-refractivity contribution is 5.20. The molecule has 0 bridgehead atoms. The first-order chi connectivity index (χ1) is 9.42. The lowest BCUT2D eigenvalue weighted by Gasteiger charge is -2.18. The van der Waals surface area contributed by atoms with E-state index in [1.54, 1.807) is 0 Å². The Bertz CT molecular complexity index is 368. The van der Waals surface area contributed by atoms with Gasteiger partial charge in [0.2, 0.25) is 0 Å². The summed E-state index contributed by atoms with van der Waals surface area (Å²) in [6.45, 7) is 2.34. The molecule has 1 atom stereocenters. The third kappa shape index (κ3) is 4.63. The second-order valence-electron chi connectivity index (χ2n) is 6.16. The topological polar surface area (TPSA) is 24.1 Å². The van der Waals surface area contributed by atoms with Crippen LogP contribution in [-0.4, -0.2) is 25.2 Å². The molecule has 0 heterocycles. The van der Waals surface area contributed by atoms with Crippen molar-refractivity contribution in [3.05, 3.63) is 35.9 Å². The fourth-order valence-electron chi connectivity index (χ4n) is 2.65. The van der Waals surface area contributed by atoms with Gasteiger partial charge in [0.1, 0.15) is 0 Å². The van der Waals surface area contributed by atoms with Gasteiger partial charge >= 0.3 is 0 Å². The Hall–Kier alpha value is -0.860. The van der Waals surface area contributed by atoms with Gasteiger partial charge < -0.3 is 10.6 Å². The molecule has 2 heteroatoms. The summed E-state index contributed by atoms with van der Waals surface area (Å²) in [5.41, 5.74) is 1.50. The van der Waals surface area contributed by atoms with Crippen molar-refractivity contribution in [2.45, 2.75) is 56.5 Å². The SMILES string of the molecule is c1ccc(C(CCCNC2CC2)CNC2CC2)cc1. The average Bonchev–Trinajstić information content (AvgIpc) is 3.33. The Morgan fingerprint density at radius 1 is 0.947 bits per heavy atom. The number of hydrogen-bond acceptors (Lipinski definition) is 2. The first-order valence-electron chi connectivity index (χ1n) is 7.93. The van der Waals surface area contributed by atoms with Crippen LogP contribution in [0.15, 0.2) is 30.3 Å². The van der Waals surface area contributed by atoms with Gasteiger partial charge in [-0.3, -0.25) is 0 Å². The predicted octanol–water partition coefficient (Wildman–Crippen LogP) is 3.05. The molecule has 0 saturated heterocycles. The molecule has 2 fully saturated rings. The summed E-state index contributed by atoms with van der Waals surface area (Å²) in [4.78, 5) is 0. The van der Waals surface area contributed by atoms with Crippen LogP contribution in [0.5, 0.6) is 0 Å². The van der Waals surface area contributed by atoms with Crippen molar-refractivity contribution >= 4 is 0 Å². The third-order valence-corrected chi connectivity index (χ3v) is 4.24. The Kier molecular flexibility index (Phi) is 4.52. The van der Waals surface area contributed by atoms with Gasteiger partial charge in [-0.15, -0.1) is 0 Å². The van der Waals surface area contributed by atoms with Crippen LogP contribution in [0.4, 0.5) is 0 Å². The molecule has 2 aliphatic rings. The molecular formula is C17H26N2. The van der Waals surface area contributed by atoms with Crippen LogP contribution in [0.1, 0.15) is 50.0 Å². The summed E-state index contributed by atoms with van der Waals surface area (Å²) < 4.78 is 0. The van der Waals surface area contributed by atoms with Crippen LogP contribution >= 0.6 is 0 Å². The van der Waals surface area contributed by atoms with Crippen LogP contribution in [0, 0.1) is 0 Å². The summed E-state index contributed by atoms with van der Waals surface area (Å²) in [6, 6.07) is 12.7. The van der Waals surface area contributed by atoms with Gasteiger partial charge in [-0.25, -0.2) is 0 Å². The minimum atomic E-state index is 0.683. The number of benzene rings is 1. The normalized spacial score (nSPS) is 20.4. The molecule has 0 aromatic heterocycles. The first-order valence-corrected chi connectivity index (χ1v) is 7.93. The fraction of sp³-hybridized carbons (Fsp3) is 0.647. The summed E-state index contributed by atoms with van der Waals surface area (Å²) in [7, 11) is 0. The lowest BCUT2D eigenvalue weighted by atomic mass is 9.94. The van der Waals surface area contributed by atoms with E-state index >= 15 is 0 Å². The third-order valence-electron chi connectivity index (χ3n) is 4.24. The Morgan fingerprint density at radius 3 is 2.32 bits per heavy atom. The summed E-state index contributed by atoms with van der Waals surface area (Å²) in [5.74, 6) is 0.683. The van der Waals surface area contributed by atoms with Crippen LogP contribution in [0.3, 0.4) is 0 Å². The highest BCUT2D eigenvalue weighted by atomic mass is 15.0. The van der Waals surface area contributed by atoms with Gasteiger partial charge in [0.15, 0.2) is 0 Å². The molecule has 1 aromatic carbocycles. The highest BCUT2D eigenvalue weighted by Crippen LogP contribution is 2.24. The van der Waals surface area contributed by atoms with Crippen LogP contribution in [0.2, 0.25) is 0 Å². The van der Waals surface area contributed by atoms with E-state index in [0.717, 1.165) is 18.6 Å². The van der Waals surface area contributed by atoms with E-state index in [1.807, 2.05) is 0 Å².